The molecule has 3 aromatic rings. The second-order valence-electron chi connectivity index (χ2n) is 5.60. The lowest BCUT2D eigenvalue weighted by Gasteiger charge is -2.04. The zero-order valence-corrected chi connectivity index (χ0v) is 13.8. The van der Waals surface area contributed by atoms with Crippen LogP contribution >= 0.6 is 11.8 Å². The van der Waals surface area contributed by atoms with Gasteiger partial charge in [0.15, 0.2) is 0 Å². The van der Waals surface area contributed by atoms with Gasteiger partial charge in [0.05, 0.1) is 29.2 Å². The normalized spacial score (nSPS) is 13.0. The number of imidazole rings is 1. The third kappa shape index (κ3) is 2.82. The average Bonchev–Trinajstić information content (AvgIpc) is 3.33. The number of nitrogens with zero attached hydrogens (tertiary/aromatic N) is 3. The Labute approximate surface area is 143 Å². The molecule has 1 aliphatic heterocycles. The maximum absolute atomic E-state index is 12.6. The van der Waals surface area contributed by atoms with Crippen LogP contribution in [0.1, 0.15) is 21.7 Å². The van der Waals surface area contributed by atoms with Crippen LogP contribution in [0.25, 0.3) is 11.3 Å². The van der Waals surface area contributed by atoms with Gasteiger partial charge < -0.3 is 14.9 Å². The van der Waals surface area contributed by atoms with Gasteiger partial charge in [-0.25, -0.2) is 4.98 Å². The summed E-state index contributed by atoms with van der Waals surface area (Å²) in [7, 11) is 0. The van der Waals surface area contributed by atoms with E-state index in [-0.39, 0.29) is 5.91 Å². The Morgan fingerprint density at radius 1 is 1.46 bits per heavy atom. The minimum Gasteiger partial charge on any atom is -0.352 e. The fourth-order valence-electron chi connectivity index (χ4n) is 2.90. The monoisotopic (exact) mass is 339 g/mol. The lowest BCUT2D eigenvalue weighted by Crippen LogP contribution is -2.26. The Hall–Kier alpha value is -2.54. The van der Waals surface area contributed by atoms with Crippen molar-refractivity contribution in [3.63, 3.8) is 0 Å². The van der Waals surface area contributed by atoms with Crippen LogP contribution in [0.5, 0.6) is 0 Å². The number of carbonyl (C=O) groups is 1. The average molecular weight is 339 g/mol. The molecule has 0 fully saturated rings. The summed E-state index contributed by atoms with van der Waals surface area (Å²) >= 11 is 1.82. The third-order valence-corrected chi connectivity index (χ3v) is 5.01. The molecule has 0 unspecified atom stereocenters. The number of fused-ring (bicyclic) bond motifs is 1. The fraction of sp³-hybridized carbons (Fsp3) is 0.235. The number of amides is 1. The molecule has 0 aliphatic carbocycles. The number of carbonyl (C=O) groups excluding carboxylic acids is 1. The van der Waals surface area contributed by atoms with Crippen LogP contribution in [0.3, 0.4) is 0 Å². The highest BCUT2D eigenvalue weighted by Gasteiger charge is 2.24. The van der Waals surface area contributed by atoms with E-state index in [2.05, 4.69) is 24.8 Å². The number of H-pyrrole nitrogens is 1. The predicted octanol–water partition coefficient (Wildman–Crippen LogP) is 2.45. The summed E-state index contributed by atoms with van der Waals surface area (Å²) in [6.45, 7) is 0.573. The van der Waals surface area contributed by atoms with E-state index in [9.17, 15) is 4.79 Å². The number of rotatable bonds is 5. The topological polar surface area (TPSA) is 75.6 Å². The van der Waals surface area contributed by atoms with E-state index < -0.39 is 0 Å². The number of nitrogens with one attached hydrogen (secondary N) is 2. The SMILES string of the molecule is O=C(NCCc1c[nH]cn1)c1cc(-c2cccnc2)n2c1CSC2. The first kappa shape index (κ1) is 15.0. The van der Waals surface area contributed by atoms with E-state index in [0.717, 1.165) is 46.3 Å². The molecular formula is C17H17N5OS. The van der Waals surface area contributed by atoms with Crippen molar-refractivity contribution >= 4 is 17.7 Å². The van der Waals surface area contributed by atoms with Crippen LogP contribution in [0.2, 0.25) is 0 Å². The van der Waals surface area contributed by atoms with E-state index in [4.69, 9.17) is 0 Å². The molecule has 4 rings (SSSR count). The van der Waals surface area contributed by atoms with Crippen molar-refractivity contribution in [3.05, 3.63) is 60.1 Å². The minimum absolute atomic E-state index is 0.0214. The number of pyridine rings is 1. The Bertz CT molecular complexity index is 842. The van der Waals surface area contributed by atoms with Gasteiger partial charge in [0, 0.05) is 48.6 Å². The van der Waals surface area contributed by atoms with E-state index in [1.807, 2.05) is 42.4 Å². The van der Waals surface area contributed by atoms with Crippen molar-refractivity contribution < 1.29 is 4.79 Å². The molecule has 7 heteroatoms. The largest absolute Gasteiger partial charge is 0.352 e. The number of aromatic nitrogens is 4. The molecule has 0 radical (unpaired) electrons. The van der Waals surface area contributed by atoms with E-state index in [1.165, 1.54) is 0 Å². The van der Waals surface area contributed by atoms with Crippen LogP contribution in [0.4, 0.5) is 0 Å². The maximum atomic E-state index is 12.6. The van der Waals surface area contributed by atoms with Gasteiger partial charge in [-0.1, -0.05) is 0 Å². The smallest absolute Gasteiger partial charge is 0.253 e. The molecule has 3 aromatic heterocycles. The van der Waals surface area contributed by atoms with Crippen molar-refractivity contribution in [2.24, 2.45) is 0 Å². The standard InChI is InChI=1S/C17H17N5OS/c23-17(20-5-3-13-8-19-10-21-13)14-6-15(12-2-1-4-18-7-12)22-11-24-9-16(14)22/h1-2,4,6-8,10H,3,5,9,11H2,(H,19,21)(H,20,23). The molecule has 24 heavy (non-hydrogen) atoms. The number of hydrogen-bond acceptors (Lipinski definition) is 4. The van der Waals surface area contributed by atoms with E-state index in [0.29, 0.717) is 6.54 Å². The summed E-state index contributed by atoms with van der Waals surface area (Å²) in [4.78, 5) is 23.9. The third-order valence-electron chi connectivity index (χ3n) is 4.09. The minimum atomic E-state index is -0.0214. The van der Waals surface area contributed by atoms with Gasteiger partial charge in [0.25, 0.3) is 5.91 Å². The van der Waals surface area contributed by atoms with Gasteiger partial charge in [0.2, 0.25) is 0 Å². The Morgan fingerprint density at radius 2 is 2.42 bits per heavy atom. The molecule has 0 aromatic carbocycles. The summed E-state index contributed by atoms with van der Waals surface area (Å²) in [5.74, 6) is 1.72. The lowest BCUT2D eigenvalue weighted by molar-refractivity contribution is 0.0953. The van der Waals surface area contributed by atoms with Gasteiger partial charge in [-0.3, -0.25) is 9.78 Å². The first-order chi connectivity index (χ1) is 11.8. The number of aromatic amines is 1. The molecule has 4 heterocycles. The van der Waals surface area contributed by atoms with Gasteiger partial charge in [0.1, 0.15) is 0 Å². The molecule has 0 spiro atoms. The predicted molar refractivity (Wildman–Crippen MR) is 93.6 cm³/mol. The second-order valence-corrected chi connectivity index (χ2v) is 6.56. The van der Waals surface area contributed by atoms with Gasteiger partial charge >= 0.3 is 0 Å². The van der Waals surface area contributed by atoms with Crippen LogP contribution in [-0.2, 0) is 18.1 Å². The van der Waals surface area contributed by atoms with Gasteiger partial charge in [-0.05, 0) is 18.2 Å². The van der Waals surface area contributed by atoms with Gasteiger partial charge in [-0.15, -0.1) is 11.8 Å². The highest BCUT2D eigenvalue weighted by molar-refractivity contribution is 7.97. The quantitative estimate of drug-likeness (QED) is 0.749. The maximum Gasteiger partial charge on any atom is 0.253 e. The molecule has 2 N–H and O–H groups in total. The molecule has 0 saturated heterocycles. The van der Waals surface area contributed by atoms with Crippen molar-refractivity contribution in [3.8, 4) is 11.3 Å². The lowest BCUT2D eigenvalue weighted by atomic mass is 10.2. The highest BCUT2D eigenvalue weighted by Crippen LogP contribution is 2.34. The van der Waals surface area contributed by atoms with Crippen molar-refractivity contribution in [2.75, 3.05) is 6.54 Å². The van der Waals surface area contributed by atoms with Crippen LogP contribution in [0, 0.1) is 0 Å². The van der Waals surface area contributed by atoms with Crippen LogP contribution in [-0.4, -0.2) is 32.0 Å². The molecule has 122 valence electrons. The number of hydrogen-bond donors (Lipinski definition) is 2. The summed E-state index contributed by atoms with van der Waals surface area (Å²) < 4.78 is 2.21. The second kappa shape index (κ2) is 6.52. The molecule has 1 aliphatic rings. The zero-order valence-electron chi connectivity index (χ0n) is 13.0. The van der Waals surface area contributed by atoms with Gasteiger partial charge in [-0.2, -0.15) is 0 Å². The molecule has 0 bridgehead atoms. The Morgan fingerprint density at radius 3 is 3.21 bits per heavy atom. The first-order valence-corrected chi connectivity index (χ1v) is 8.95. The summed E-state index contributed by atoms with van der Waals surface area (Å²) in [6.07, 6.45) is 7.81. The number of thioether (sulfide) groups is 1. The van der Waals surface area contributed by atoms with Crippen molar-refractivity contribution in [2.45, 2.75) is 18.1 Å². The molecule has 0 atom stereocenters. The van der Waals surface area contributed by atoms with Crippen LogP contribution < -0.4 is 5.32 Å². The van der Waals surface area contributed by atoms with Crippen molar-refractivity contribution in [1.82, 2.24) is 24.8 Å². The zero-order chi connectivity index (χ0) is 16.4. The molecule has 1 amide bonds. The first-order valence-electron chi connectivity index (χ1n) is 7.79. The summed E-state index contributed by atoms with van der Waals surface area (Å²) in [5, 5.41) is 3.00. The summed E-state index contributed by atoms with van der Waals surface area (Å²) in [6, 6.07) is 5.93. The Balaban J connectivity index is 1.54. The highest BCUT2D eigenvalue weighted by atomic mass is 32.2. The van der Waals surface area contributed by atoms with Crippen molar-refractivity contribution in [1.29, 1.82) is 0 Å². The summed E-state index contributed by atoms with van der Waals surface area (Å²) in [5.41, 5.74) is 4.90. The fourth-order valence-corrected chi connectivity index (χ4v) is 3.98. The van der Waals surface area contributed by atoms with Crippen LogP contribution in [0.15, 0.2) is 43.1 Å². The van der Waals surface area contributed by atoms with E-state index >= 15 is 0 Å². The molecule has 0 saturated carbocycles. The Kier molecular flexibility index (Phi) is 4.08. The molecular weight excluding hydrogens is 322 g/mol. The molecule has 6 nitrogen and oxygen atoms in total. The van der Waals surface area contributed by atoms with E-state index in [1.54, 1.807) is 12.5 Å².